The van der Waals surface area contributed by atoms with E-state index in [1.807, 2.05) is 30.3 Å². The molecule has 1 heterocycles. The van der Waals surface area contributed by atoms with E-state index in [0.29, 0.717) is 0 Å². The summed E-state index contributed by atoms with van der Waals surface area (Å²) >= 11 is 23.0. The van der Waals surface area contributed by atoms with Gasteiger partial charge in [-0.1, -0.05) is 83.3 Å². The minimum Gasteiger partial charge on any atom is -0.454 e. The van der Waals surface area contributed by atoms with E-state index in [-0.39, 0.29) is 12.2 Å². The van der Waals surface area contributed by atoms with Gasteiger partial charge in [-0.05, 0) is 24.6 Å². The first-order valence-corrected chi connectivity index (χ1v) is 12.4. The molecule has 1 aliphatic heterocycles. The number of carbonyl (C=O) groups excluding carboxylic acids is 2. The van der Waals surface area contributed by atoms with Crippen LogP contribution in [0, 0.1) is 5.41 Å². The quantitative estimate of drug-likeness (QED) is 0.202. The van der Waals surface area contributed by atoms with Gasteiger partial charge in [-0.2, -0.15) is 0 Å². The van der Waals surface area contributed by atoms with Crippen molar-refractivity contribution in [2.24, 2.45) is 0 Å². The van der Waals surface area contributed by atoms with Crippen molar-refractivity contribution in [1.82, 2.24) is 0 Å². The van der Waals surface area contributed by atoms with Gasteiger partial charge in [-0.15, -0.1) is 11.6 Å². The van der Waals surface area contributed by atoms with Crippen LogP contribution in [0.5, 0.6) is 0 Å². The number of hydrogen-bond donors (Lipinski definition) is 1. The van der Waals surface area contributed by atoms with Gasteiger partial charge in [0, 0.05) is 0 Å². The molecule has 36 heavy (non-hydrogen) atoms. The minimum atomic E-state index is -2.22. The third kappa shape index (κ3) is 7.71. The molecule has 0 saturated carbocycles. The summed E-state index contributed by atoms with van der Waals surface area (Å²) in [6.07, 6.45) is -5.78. The van der Waals surface area contributed by atoms with Gasteiger partial charge < -0.3 is 23.7 Å². The largest absolute Gasteiger partial charge is 0.454 e. The van der Waals surface area contributed by atoms with Crippen molar-refractivity contribution in [3.63, 3.8) is 0 Å². The Bertz CT molecular complexity index is 1040. The predicted octanol–water partition coefficient (Wildman–Crippen LogP) is 5.06. The second kappa shape index (κ2) is 12.9. The van der Waals surface area contributed by atoms with Crippen molar-refractivity contribution in [2.75, 3.05) is 5.88 Å². The maximum atomic E-state index is 12.9. The van der Waals surface area contributed by atoms with E-state index < -0.39 is 58.2 Å². The van der Waals surface area contributed by atoms with Crippen LogP contribution in [0.15, 0.2) is 60.7 Å². The molecular weight excluding hydrogens is 556 g/mol. The van der Waals surface area contributed by atoms with Gasteiger partial charge in [0.15, 0.2) is 6.10 Å². The Kier molecular flexibility index (Phi) is 10.2. The van der Waals surface area contributed by atoms with Gasteiger partial charge in [-0.25, -0.2) is 4.79 Å². The first kappa shape index (κ1) is 28.5. The van der Waals surface area contributed by atoms with Gasteiger partial charge in [-0.3, -0.25) is 10.2 Å². The summed E-state index contributed by atoms with van der Waals surface area (Å²) in [5.41, 5.74) is 1.07. The second-order valence-corrected chi connectivity index (χ2v) is 10.3. The molecule has 5 atom stereocenters. The minimum absolute atomic E-state index is 0.142. The van der Waals surface area contributed by atoms with Crippen LogP contribution in [0.25, 0.3) is 0 Å². The number of esters is 2. The Morgan fingerprint density at radius 1 is 0.917 bits per heavy atom. The molecule has 0 bridgehead atoms. The SMILES string of the molecule is C[C@@H]1O[C@@H](OC(=N)C(Cl)(Cl)Cl)[C@H](OC(=O)c2ccccc2)[C@H](OC(=O)CCl)[C@H]1OCc1ccccc1. The Morgan fingerprint density at radius 3 is 2.11 bits per heavy atom. The number of alkyl halides is 4. The Hall–Kier alpha value is -2.07. The molecule has 194 valence electrons. The highest BCUT2D eigenvalue weighted by molar-refractivity contribution is 6.76. The summed E-state index contributed by atoms with van der Waals surface area (Å²) in [6, 6.07) is 17.4. The van der Waals surface area contributed by atoms with Crippen LogP contribution in [0.1, 0.15) is 22.8 Å². The van der Waals surface area contributed by atoms with Crippen LogP contribution in [0.2, 0.25) is 0 Å². The summed E-state index contributed by atoms with van der Waals surface area (Å²) in [4.78, 5) is 25.2. The molecule has 0 aromatic heterocycles. The van der Waals surface area contributed by atoms with Crippen LogP contribution in [0.4, 0.5) is 0 Å². The van der Waals surface area contributed by atoms with Gasteiger partial charge >= 0.3 is 11.9 Å². The normalized spacial score (nSPS) is 24.0. The molecule has 3 rings (SSSR count). The number of benzene rings is 2. The number of ether oxygens (including phenoxy) is 5. The maximum Gasteiger partial charge on any atom is 0.338 e. The first-order chi connectivity index (χ1) is 17.1. The van der Waals surface area contributed by atoms with E-state index in [1.54, 1.807) is 25.1 Å². The molecule has 2 aromatic carbocycles. The zero-order chi connectivity index (χ0) is 26.3. The fraction of sp³-hybridized carbons (Fsp3) is 0.375. The molecule has 1 N–H and O–H groups in total. The van der Waals surface area contributed by atoms with Crippen LogP contribution in [-0.2, 0) is 35.1 Å². The fourth-order valence-corrected chi connectivity index (χ4v) is 3.65. The zero-order valence-corrected chi connectivity index (χ0v) is 22.0. The van der Waals surface area contributed by atoms with Crippen molar-refractivity contribution in [3.8, 4) is 0 Å². The third-order valence-corrected chi connectivity index (χ3v) is 5.87. The van der Waals surface area contributed by atoms with Gasteiger partial charge in [0.25, 0.3) is 3.79 Å². The van der Waals surface area contributed by atoms with Crippen molar-refractivity contribution < 1.29 is 33.3 Å². The highest BCUT2D eigenvalue weighted by atomic mass is 35.6. The lowest BCUT2D eigenvalue weighted by Gasteiger charge is -2.44. The van der Waals surface area contributed by atoms with E-state index >= 15 is 0 Å². The maximum absolute atomic E-state index is 12.9. The van der Waals surface area contributed by atoms with E-state index in [9.17, 15) is 9.59 Å². The highest BCUT2D eigenvalue weighted by Gasteiger charge is 2.52. The molecule has 1 aliphatic rings. The molecule has 0 spiro atoms. The van der Waals surface area contributed by atoms with Crippen molar-refractivity contribution in [2.45, 2.75) is 48.0 Å². The summed E-state index contributed by atoms with van der Waals surface area (Å²) in [5.74, 6) is -2.80. The molecule has 1 fully saturated rings. The molecule has 0 unspecified atom stereocenters. The summed E-state index contributed by atoms with van der Waals surface area (Å²) in [5, 5.41) is 7.97. The van der Waals surface area contributed by atoms with E-state index in [4.69, 9.17) is 75.5 Å². The summed E-state index contributed by atoms with van der Waals surface area (Å²) in [7, 11) is 0. The highest BCUT2D eigenvalue weighted by Crippen LogP contribution is 2.34. The van der Waals surface area contributed by atoms with Crippen LogP contribution < -0.4 is 0 Å². The second-order valence-electron chi connectivity index (χ2n) is 7.74. The third-order valence-electron chi connectivity index (χ3n) is 5.13. The van der Waals surface area contributed by atoms with E-state index in [2.05, 4.69) is 0 Å². The Labute approximate surface area is 228 Å². The van der Waals surface area contributed by atoms with Crippen molar-refractivity contribution >= 4 is 64.2 Å². The first-order valence-electron chi connectivity index (χ1n) is 10.7. The topological polar surface area (TPSA) is 104 Å². The van der Waals surface area contributed by atoms with Gasteiger partial charge in [0.05, 0.1) is 18.3 Å². The number of hydrogen-bond acceptors (Lipinski definition) is 8. The van der Waals surface area contributed by atoms with E-state index in [1.165, 1.54) is 12.1 Å². The summed E-state index contributed by atoms with van der Waals surface area (Å²) in [6.45, 7) is 1.78. The smallest absolute Gasteiger partial charge is 0.338 e. The standard InChI is InChI=1S/C24H23Cl4NO7/c1-14-18(32-13-15-8-4-2-5-9-15)19(34-17(30)12-25)20(22(33-14)36-23(29)24(26,27)28)35-21(31)16-10-6-3-7-11-16/h2-11,14,18-20,22,29H,12-13H2,1H3/t14-,18-,19+,20+,22-/m0/s1. The monoisotopic (exact) mass is 577 g/mol. The summed E-state index contributed by atoms with van der Waals surface area (Å²) < 4.78 is 26.4. The van der Waals surface area contributed by atoms with Crippen LogP contribution in [-0.4, -0.2) is 58.2 Å². The molecular formula is C24H23Cl4NO7. The lowest BCUT2D eigenvalue weighted by molar-refractivity contribution is -0.285. The van der Waals surface area contributed by atoms with Crippen molar-refractivity contribution in [1.29, 1.82) is 5.41 Å². The van der Waals surface area contributed by atoms with Crippen LogP contribution in [0.3, 0.4) is 0 Å². The zero-order valence-electron chi connectivity index (χ0n) is 18.9. The lowest BCUT2D eigenvalue weighted by Crippen LogP contribution is -2.61. The number of rotatable bonds is 8. The van der Waals surface area contributed by atoms with E-state index in [0.717, 1.165) is 5.56 Å². The van der Waals surface area contributed by atoms with Crippen LogP contribution >= 0.6 is 46.4 Å². The molecule has 8 nitrogen and oxygen atoms in total. The fourth-order valence-electron chi connectivity index (χ4n) is 3.46. The van der Waals surface area contributed by atoms with Gasteiger partial charge in [0.1, 0.15) is 12.0 Å². The average Bonchev–Trinajstić information content (AvgIpc) is 2.86. The molecule has 1 saturated heterocycles. The Morgan fingerprint density at radius 2 is 1.53 bits per heavy atom. The molecule has 0 aliphatic carbocycles. The molecule has 2 aromatic rings. The molecule has 12 heteroatoms. The average molecular weight is 579 g/mol. The number of nitrogens with one attached hydrogen (secondary N) is 1. The number of carbonyl (C=O) groups is 2. The van der Waals surface area contributed by atoms with Gasteiger partial charge in [0.2, 0.25) is 18.3 Å². The molecule has 0 radical (unpaired) electrons. The lowest BCUT2D eigenvalue weighted by atomic mass is 9.98. The number of halogens is 4. The van der Waals surface area contributed by atoms with Crippen molar-refractivity contribution in [3.05, 3.63) is 71.8 Å². The predicted molar refractivity (Wildman–Crippen MR) is 135 cm³/mol. The molecule has 0 amide bonds. The Balaban J connectivity index is 1.93.